The van der Waals surface area contributed by atoms with Gasteiger partial charge < -0.3 is 14.7 Å². The lowest BCUT2D eigenvalue weighted by Crippen LogP contribution is -2.42. The molecule has 1 aliphatic rings. The number of amides is 2. The van der Waals surface area contributed by atoms with Crippen molar-refractivity contribution in [2.45, 2.75) is 38.9 Å². The van der Waals surface area contributed by atoms with Crippen molar-refractivity contribution in [1.29, 1.82) is 0 Å². The van der Waals surface area contributed by atoms with Gasteiger partial charge in [-0.1, -0.05) is 39.2 Å². The summed E-state index contributed by atoms with van der Waals surface area (Å²) in [6, 6.07) is 1.56. The molecule has 1 unspecified atom stereocenters. The van der Waals surface area contributed by atoms with E-state index >= 15 is 0 Å². The normalized spacial score (nSPS) is 20.1. The molecule has 0 saturated heterocycles. The van der Waals surface area contributed by atoms with Gasteiger partial charge >= 0.3 is 6.03 Å². The van der Waals surface area contributed by atoms with E-state index in [0.717, 1.165) is 11.3 Å². The quantitative estimate of drug-likeness (QED) is 0.786. The Bertz CT molecular complexity index is 816. The number of aliphatic hydroxyl groups is 1. The van der Waals surface area contributed by atoms with Gasteiger partial charge in [-0.2, -0.15) is 0 Å². The van der Waals surface area contributed by atoms with Gasteiger partial charge in [0.2, 0.25) is 0 Å². The molecular weight excluding hydrogens is 368 g/mol. The maximum atomic E-state index is 13.4. The van der Waals surface area contributed by atoms with Crippen molar-refractivity contribution in [3.63, 3.8) is 0 Å². The molecule has 0 bridgehead atoms. The smallest absolute Gasteiger partial charge is 0.330 e. The number of rotatable bonds is 4. The summed E-state index contributed by atoms with van der Waals surface area (Å²) < 4.78 is 5.66. The summed E-state index contributed by atoms with van der Waals surface area (Å²) in [5, 5.41) is 10.4. The van der Waals surface area contributed by atoms with Gasteiger partial charge in [0.15, 0.2) is 6.29 Å². The number of ether oxygens (including phenoxy) is 1. The van der Waals surface area contributed by atoms with Crippen LogP contribution in [0.5, 0.6) is 0 Å². The molecule has 1 aromatic heterocycles. The molecule has 1 N–H and O–H groups in total. The topological polar surface area (TPSA) is 78.3 Å². The lowest BCUT2D eigenvalue weighted by Gasteiger charge is -2.32. The van der Waals surface area contributed by atoms with Crippen LogP contribution in [-0.4, -0.2) is 54.2 Å². The van der Waals surface area contributed by atoms with E-state index in [1.807, 2.05) is 19.9 Å². The second-order valence-corrected chi connectivity index (χ2v) is 7.17. The minimum Gasteiger partial charge on any atom is -0.364 e. The largest absolute Gasteiger partial charge is 0.364 e. The molecule has 2 amide bonds. The fourth-order valence-corrected chi connectivity index (χ4v) is 3.19. The van der Waals surface area contributed by atoms with E-state index in [2.05, 4.69) is 29.9 Å². The van der Waals surface area contributed by atoms with Crippen LogP contribution in [0.2, 0.25) is 0 Å². The summed E-state index contributed by atoms with van der Waals surface area (Å²) in [5.74, 6) is 0.308. The van der Waals surface area contributed by atoms with Crippen molar-refractivity contribution in [1.82, 2.24) is 9.88 Å². The van der Waals surface area contributed by atoms with Crippen LogP contribution in [0.3, 0.4) is 0 Å². The summed E-state index contributed by atoms with van der Waals surface area (Å²) in [6.45, 7) is 15.8. The van der Waals surface area contributed by atoms with Crippen LogP contribution in [0.1, 0.15) is 37.4 Å². The third-order valence-electron chi connectivity index (χ3n) is 4.80. The minimum atomic E-state index is -1.05. The van der Waals surface area contributed by atoms with Crippen molar-refractivity contribution in [3.05, 3.63) is 60.2 Å². The number of pyridine rings is 1. The molecule has 0 fully saturated rings. The number of hydrogen-bond donors (Lipinski definition) is 1. The fraction of sp³-hybridized carbons (Fsp3) is 0.409. The average Bonchev–Trinajstić information content (AvgIpc) is 2.70. The van der Waals surface area contributed by atoms with Crippen LogP contribution in [0.15, 0.2) is 54.0 Å². The molecule has 0 spiro atoms. The second kappa shape index (κ2) is 10.1. The van der Waals surface area contributed by atoms with Crippen molar-refractivity contribution in [2.24, 2.45) is 4.99 Å². The lowest BCUT2D eigenvalue weighted by atomic mass is 10.0. The molecule has 2 rings (SSSR count). The van der Waals surface area contributed by atoms with Gasteiger partial charge in [-0.05, 0) is 42.7 Å². The summed E-state index contributed by atoms with van der Waals surface area (Å²) in [6.07, 6.45) is 4.90. The summed E-state index contributed by atoms with van der Waals surface area (Å²) >= 11 is 0. The molecule has 0 radical (unpaired) electrons. The fourth-order valence-electron chi connectivity index (χ4n) is 3.19. The summed E-state index contributed by atoms with van der Waals surface area (Å²) in [7, 11) is 1.70. The number of hydrogen-bond acceptors (Lipinski definition) is 5. The third-order valence-corrected chi connectivity index (χ3v) is 4.80. The van der Waals surface area contributed by atoms with E-state index < -0.39 is 6.29 Å². The number of nitrogens with zero attached hydrogens (tertiary/aromatic N) is 4. The zero-order valence-corrected chi connectivity index (χ0v) is 17.5. The molecule has 1 atom stereocenters. The number of anilines is 1. The first-order chi connectivity index (χ1) is 13.8. The zero-order chi connectivity index (χ0) is 21.6. The van der Waals surface area contributed by atoms with Gasteiger partial charge in [-0.25, -0.2) is 14.7 Å². The van der Waals surface area contributed by atoms with Crippen LogP contribution in [0.4, 0.5) is 10.5 Å². The molecule has 1 aromatic rings. The zero-order valence-electron chi connectivity index (χ0n) is 17.5. The van der Waals surface area contributed by atoms with Crippen molar-refractivity contribution in [3.8, 4) is 0 Å². The van der Waals surface area contributed by atoms with Gasteiger partial charge in [0.25, 0.3) is 0 Å². The second-order valence-electron chi connectivity index (χ2n) is 7.17. The Hall–Kier alpha value is -2.77. The number of aliphatic hydroxyl groups excluding tert-OH is 1. The predicted molar refractivity (Wildman–Crippen MR) is 116 cm³/mol. The van der Waals surface area contributed by atoms with Crippen LogP contribution in [-0.2, 0) is 11.2 Å². The van der Waals surface area contributed by atoms with E-state index in [0.29, 0.717) is 30.6 Å². The minimum absolute atomic E-state index is 0.0738. The maximum absolute atomic E-state index is 13.4. The number of allylic oxidation sites excluding steroid dienone is 2. The van der Waals surface area contributed by atoms with Gasteiger partial charge in [0, 0.05) is 19.8 Å². The predicted octanol–water partition coefficient (Wildman–Crippen LogP) is 3.63. The Labute approximate surface area is 172 Å². The molecule has 0 aliphatic carbocycles. The molecule has 29 heavy (non-hydrogen) atoms. The number of carbonyl (C=O) groups excluding carboxylic acids is 1. The Balaban J connectivity index is 2.61. The van der Waals surface area contributed by atoms with E-state index in [-0.39, 0.29) is 24.4 Å². The first kappa shape index (κ1) is 22.5. The number of fused-ring (bicyclic) bond motifs is 1. The van der Waals surface area contributed by atoms with Gasteiger partial charge in [0.05, 0.1) is 18.0 Å². The lowest BCUT2D eigenvalue weighted by molar-refractivity contribution is -0.0730. The van der Waals surface area contributed by atoms with E-state index in [4.69, 9.17) is 4.74 Å². The first-order valence-corrected chi connectivity index (χ1v) is 9.61. The van der Waals surface area contributed by atoms with Crippen LogP contribution in [0.25, 0.3) is 0 Å². The molecule has 0 aromatic carbocycles. The Kier molecular flexibility index (Phi) is 7.87. The molecule has 156 valence electrons. The Morgan fingerprint density at radius 1 is 1.45 bits per heavy atom. The number of aromatic nitrogens is 1. The highest BCUT2D eigenvalue weighted by molar-refractivity contribution is 5.96. The molecular formula is C22H30N4O3. The Morgan fingerprint density at radius 3 is 2.79 bits per heavy atom. The van der Waals surface area contributed by atoms with E-state index in [9.17, 15) is 9.90 Å². The summed E-state index contributed by atoms with van der Waals surface area (Å²) in [4.78, 5) is 24.9. The molecule has 7 heteroatoms. The number of urea groups is 1. The average molecular weight is 399 g/mol. The van der Waals surface area contributed by atoms with Crippen LogP contribution >= 0.6 is 0 Å². The monoisotopic (exact) mass is 398 g/mol. The van der Waals surface area contributed by atoms with Crippen molar-refractivity contribution < 1.29 is 14.6 Å². The molecule has 1 aliphatic heterocycles. The number of carbonyl (C=O) groups is 1. The maximum Gasteiger partial charge on any atom is 0.330 e. The first-order valence-electron chi connectivity index (χ1n) is 9.61. The van der Waals surface area contributed by atoms with Crippen LogP contribution < -0.4 is 4.90 Å². The standard InChI is InChI=1S/C22H30N4O3/c1-7-8-18-10-13-25(6)22(28)26(16(4)23-5)20-17(11-14-29-21(18)27)9-12-24-19(20)15(2)3/h7-9,12,15,21,27H,1,4-5,10-11,13-14H2,2-3,6H3/b18-8+. The highest BCUT2D eigenvalue weighted by atomic mass is 16.6. The number of aliphatic imine (C=N–C) groups is 1. The van der Waals surface area contributed by atoms with Gasteiger partial charge in [-0.3, -0.25) is 4.98 Å². The highest BCUT2D eigenvalue weighted by Crippen LogP contribution is 2.33. The van der Waals surface area contributed by atoms with Crippen molar-refractivity contribution >= 4 is 18.4 Å². The Morgan fingerprint density at radius 2 is 2.17 bits per heavy atom. The van der Waals surface area contributed by atoms with Gasteiger partial charge in [0.1, 0.15) is 5.82 Å². The van der Waals surface area contributed by atoms with Gasteiger partial charge in [-0.15, -0.1) is 0 Å². The van der Waals surface area contributed by atoms with E-state index in [1.54, 1.807) is 30.3 Å². The van der Waals surface area contributed by atoms with Crippen molar-refractivity contribution in [2.75, 3.05) is 25.1 Å². The summed E-state index contributed by atoms with van der Waals surface area (Å²) in [5.41, 5.74) is 2.93. The van der Waals surface area contributed by atoms with Crippen LogP contribution in [0, 0.1) is 0 Å². The highest BCUT2D eigenvalue weighted by Gasteiger charge is 2.29. The molecule has 0 saturated carbocycles. The molecule has 7 nitrogen and oxygen atoms in total. The molecule has 2 heterocycles. The SMILES string of the molecule is C=C/C=C1\CCN(C)C(=O)N(C(=C)N=C)c2c(ccnc2C(C)C)CCOC1O. The third kappa shape index (κ3) is 5.19. The van der Waals surface area contributed by atoms with E-state index in [1.165, 1.54) is 4.90 Å².